The largest absolute Gasteiger partial charge is 0.377 e. The number of halogens is 1. The van der Waals surface area contributed by atoms with Crippen molar-refractivity contribution in [1.29, 1.82) is 0 Å². The van der Waals surface area contributed by atoms with Gasteiger partial charge in [0.05, 0.1) is 23.2 Å². The van der Waals surface area contributed by atoms with E-state index >= 15 is 0 Å². The molecule has 3 aromatic rings. The Kier molecular flexibility index (Phi) is 5.20. The van der Waals surface area contributed by atoms with Gasteiger partial charge in [-0.1, -0.05) is 30.7 Å². The summed E-state index contributed by atoms with van der Waals surface area (Å²) in [5, 5.41) is 4.61. The maximum atomic E-state index is 13.4. The van der Waals surface area contributed by atoms with Gasteiger partial charge in [-0.3, -0.25) is 4.79 Å². The Morgan fingerprint density at radius 3 is 2.70 bits per heavy atom. The number of amides is 1. The molecule has 0 bridgehead atoms. The van der Waals surface area contributed by atoms with Crippen molar-refractivity contribution in [3.8, 4) is 5.69 Å². The third-order valence-electron chi connectivity index (χ3n) is 7.80. The first-order chi connectivity index (χ1) is 15.9. The molecule has 2 aromatic carbocycles. The Morgan fingerprint density at radius 2 is 1.97 bits per heavy atom. The molecule has 5 rings (SSSR count). The van der Waals surface area contributed by atoms with E-state index in [4.69, 9.17) is 10.5 Å². The Labute approximate surface area is 193 Å². The molecule has 0 aliphatic heterocycles. The van der Waals surface area contributed by atoms with E-state index in [1.807, 2.05) is 29.1 Å². The zero-order valence-electron chi connectivity index (χ0n) is 19.0. The zero-order valence-corrected chi connectivity index (χ0v) is 19.0. The van der Waals surface area contributed by atoms with Gasteiger partial charge in [-0.25, -0.2) is 9.07 Å². The fraction of sp³-hybridized carbons (Fsp3) is 0.333. The molecule has 2 aliphatic rings. The van der Waals surface area contributed by atoms with Gasteiger partial charge in [-0.15, -0.1) is 0 Å². The van der Waals surface area contributed by atoms with E-state index in [-0.39, 0.29) is 16.8 Å². The summed E-state index contributed by atoms with van der Waals surface area (Å²) >= 11 is 0. The predicted octanol–water partition coefficient (Wildman–Crippen LogP) is 4.87. The number of carbonyl (C=O) groups excluding carboxylic acids is 1. The average molecular weight is 446 g/mol. The standard InChI is InChI=1S/C27H28FN3O2/c1-26-16-19-17-30-31(22-9-7-21(28)8-10-22)24(19)15-20(26)12-14-27(26,33-2)13-11-18-5-3-4-6-23(18)25(29)32/h3-10,15,17H,11-14,16H2,1-2H3,(H2,29,32)/t26-,27-/m0/s1. The molecule has 33 heavy (non-hydrogen) atoms. The molecule has 0 spiro atoms. The molecule has 1 saturated carbocycles. The van der Waals surface area contributed by atoms with Crippen LogP contribution in [0.15, 0.2) is 60.3 Å². The number of rotatable bonds is 6. The maximum absolute atomic E-state index is 13.4. The lowest BCUT2D eigenvalue weighted by atomic mass is 9.65. The van der Waals surface area contributed by atoms with Crippen molar-refractivity contribution in [3.05, 3.63) is 88.5 Å². The highest BCUT2D eigenvalue weighted by molar-refractivity contribution is 5.94. The minimum Gasteiger partial charge on any atom is -0.377 e. The monoisotopic (exact) mass is 445 g/mol. The molecule has 1 heterocycles. The van der Waals surface area contributed by atoms with E-state index in [1.54, 1.807) is 25.3 Å². The summed E-state index contributed by atoms with van der Waals surface area (Å²) in [5.74, 6) is -0.657. The molecule has 0 unspecified atom stereocenters. The molecule has 0 saturated heterocycles. The lowest BCUT2D eigenvalue weighted by molar-refractivity contribution is -0.0819. The first-order valence-electron chi connectivity index (χ1n) is 11.3. The SMILES string of the molecule is CO[C@@]1(CCc2ccccc2C(N)=O)CCC2=Cc3c(cnn3-c3ccc(F)cc3)C[C@@]21C. The molecule has 170 valence electrons. The van der Waals surface area contributed by atoms with Gasteiger partial charge >= 0.3 is 0 Å². The van der Waals surface area contributed by atoms with E-state index in [2.05, 4.69) is 18.1 Å². The fourth-order valence-corrected chi connectivity index (χ4v) is 5.85. The van der Waals surface area contributed by atoms with Crippen LogP contribution in [-0.2, 0) is 17.6 Å². The van der Waals surface area contributed by atoms with Gasteiger partial charge in [-0.05, 0) is 79.6 Å². The van der Waals surface area contributed by atoms with Crippen molar-refractivity contribution in [3.63, 3.8) is 0 Å². The number of aryl methyl sites for hydroxylation is 1. The quantitative estimate of drug-likeness (QED) is 0.589. The molecule has 2 atom stereocenters. The number of hydrogen-bond acceptors (Lipinski definition) is 3. The van der Waals surface area contributed by atoms with Crippen LogP contribution < -0.4 is 5.73 Å². The first kappa shape index (κ1) is 21.6. The number of hydrogen-bond donors (Lipinski definition) is 1. The third-order valence-corrected chi connectivity index (χ3v) is 7.80. The number of nitrogens with two attached hydrogens (primary N) is 1. The molecule has 6 heteroatoms. The molecule has 2 aliphatic carbocycles. The Morgan fingerprint density at radius 1 is 1.21 bits per heavy atom. The molecule has 1 amide bonds. The number of aromatic nitrogens is 2. The van der Waals surface area contributed by atoms with Gasteiger partial charge in [0, 0.05) is 18.1 Å². The van der Waals surface area contributed by atoms with Gasteiger partial charge in [0.2, 0.25) is 5.91 Å². The van der Waals surface area contributed by atoms with Crippen molar-refractivity contribution >= 4 is 12.0 Å². The van der Waals surface area contributed by atoms with Gasteiger partial charge in [0.1, 0.15) is 5.82 Å². The van der Waals surface area contributed by atoms with Crippen molar-refractivity contribution in [1.82, 2.24) is 9.78 Å². The lowest BCUT2D eigenvalue weighted by Gasteiger charge is -2.45. The van der Waals surface area contributed by atoms with E-state index in [0.29, 0.717) is 5.56 Å². The van der Waals surface area contributed by atoms with Crippen molar-refractivity contribution in [2.45, 2.75) is 44.6 Å². The summed E-state index contributed by atoms with van der Waals surface area (Å²) in [6, 6.07) is 14.0. The number of fused-ring (bicyclic) bond motifs is 2. The zero-order chi connectivity index (χ0) is 23.2. The van der Waals surface area contributed by atoms with Crippen LogP contribution >= 0.6 is 0 Å². The maximum Gasteiger partial charge on any atom is 0.248 e. The van der Waals surface area contributed by atoms with Gasteiger partial charge in [0.15, 0.2) is 0 Å². The van der Waals surface area contributed by atoms with Gasteiger partial charge in [0.25, 0.3) is 0 Å². The Balaban J connectivity index is 1.47. The van der Waals surface area contributed by atoms with E-state index < -0.39 is 5.91 Å². The third kappa shape index (κ3) is 3.40. The van der Waals surface area contributed by atoms with E-state index in [1.165, 1.54) is 17.7 Å². The molecular formula is C27H28FN3O2. The van der Waals surface area contributed by atoms with Crippen LogP contribution in [0, 0.1) is 11.2 Å². The van der Waals surface area contributed by atoms with Crippen molar-refractivity contribution < 1.29 is 13.9 Å². The number of carbonyl (C=O) groups is 1. The Hall–Kier alpha value is -3.25. The molecule has 5 nitrogen and oxygen atoms in total. The van der Waals surface area contributed by atoms with Gasteiger partial charge in [-0.2, -0.15) is 5.10 Å². The summed E-state index contributed by atoms with van der Waals surface area (Å²) in [5.41, 5.74) is 11.0. The highest BCUT2D eigenvalue weighted by atomic mass is 19.1. The van der Waals surface area contributed by atoms with E-state index in [0.717, 1.165) is 54.6 Å². The second-order valence-corrected chi connectivity index (χ2v) is 9.34. The van der Waals surface area contributed by atoms with Crippen LogP contribution in [0.2, 0.25) is 0 Å². The second-order valence-electron chi connectivity index (χ2n) is 9.34. The van der Waals surface area contributed by atoms with Crippen molar-refractivity contribution in [2.24, 2.45) is 11.1 Å². The number of methoxy groups -OCH3 is 1. The normalized spacial score (nSPS) is 23.7. The molecule has 1 aromatic heterocycles. The smallest absolute Gasteiger partial charge is 0.248 e. The van der Waals surface area contributed by atoms with E-state index in [9.17, 15) is 9.18 Å². The van der Waals surface area contributed by atoms with Crippen LogP contribution in [0.4, 0.5) is 4.39 Å². The summed E-state index contributed by atoms with van der Waals surface area (Å²) in [6.07, 6.45) is 8.35. The van der Waals surface area contributed by atoms with Crippen LogP contribution in [0.5, 0.6) is 0 Å². The summed E-state index contributed by atoms with van der Waals surface area (Å²) in [6.45, 7) is 2.29. The highest BCUT2D eigenvalue weighted by Crippen LogP contribution is 2.58. The molecule has 1 fully saturated rings. The van der Waals surface area contributed by atoms with Crippen LogP contribution in [0.25, 0.3) is 11.8 Å². The highest BCUT2D eigenvalue weighted by Gasteiger charge is 2.56. The summed E-state index contributed by atoms with van der Waals surface area (Å²) < 4.78 is 21.6. The minimum atomic E-state index is -0.397. The van der Waals surface area contributed by atoms with Crippen molar-refractivity contribution in [2.75, 3.05) is 7.11 Å². The fourth-order valence-electron chi connectivity index (χ4n) is 5.85. The second kappa shape index (κ2) is 7.96. The minimum absolute atomic E-state index is 0.174. The van der Waals surface area contributed by atoms with Crippen LogP contribution in [0.3, 0.4) is 0 Å². The lowest BCUT2D eigenvalue weighted by Crippen LogP contribution is -2.47. The van der Waals surface area contributed by atoms with Crippen LogP contribution in [-0.4, -0.2) is 28.4 Å². The topological polar surface area (TPSA) is 70.1 Å². The number of primary amides is 1. The molecule has 2 N–H and O–H groups in total. The molecular weight excluding hydrogens is 417 g/mol. The number of ether oxygens (including phenoxy) is 1. The summed E-state index contributed by atoms with van der Waals surface area (Å²) in [7, 11) is 1.80. The number of nitrogens with zero attached hydrogens (tertiary/aromatic N) is 2. The number of benzene rings is 2. The first-order valence-corrected chi connectivity index (χ1v) is 11.3. The van der Waals surface area contributed by atoms with Gasteiger partial charge < -0.3 is 10.5 Å². The predicted molar refractivity (Wildman–Crippen MR) is 126 cm³/mol. The van der Waals surface area contributed by atoms with Crippen LogP contribution in [0.1, 0.15) is 53.4 Å². The summed E-state index contributed by atoms with van der Waals surface area (Å²) in [4.78, 5) is 11.9. The molecule has 0 radical (unpaired) electrons. The average Bonchev–Trinajstić information content (AvgIpc) is 3.34. The Bertz CT molecular complexity index is 1250.